The lowest BCUT2D eigenvalue weighted by molar-refractivity contribution is 0.0314. The van der Waals surface area contributed by atoms with Crippen molar-refractivity contribution in [1.82, 2.24) is 9.80 Å². The Kier molecular flexibility index (Phi) is 6.15. The molecule has 1 fully saturated rings. The summed E-state index contributed by atoms with van der Waals surface area (Å²) in [6.07, 6.45) is 0. The number of amides is 1. The van der Waals surface area contributed by atoms with E-state index in [1.807, 2.05) is 12.1 Å². The largest absolute Gasteiger partial charge is 0.497 e. The number of morpholine rings is 1. The minimum Gasteiger partial charge on any atom is -0.497 e. The first-order chi connectivity index (χ1) is 16.5. The number of fused-ring (bicyclic) bond motifs is 2. The second-order valence-corrected chi connectivity index (χ2v) is 9.21. The van der Waals surface area contributed by atoms with Gasteiger partial charge in [0, 0.05) is 32.2 Å². The van der Waals surface area contributed by atoms with Crippen molar-refractivity contribution in [2.45, 2.75) is 25.8 Å². The first kappa shape index (κ1) is 22.6. The molecule has 178 valence electrons. The Morgan fingerprint density at radius 2 is 1.76 bits per heavy atom. The first-order valence-corrected chi connectivity index (χ1v) is 11.8. The van der Waals surface area contributed by atoms with Crippen LogP contribution in [0.4, 0.5) is 0 Å². The number of hydrogen-bond donors (Lipinski definition) is 0. The standard InChI is InChI=1S/C27H30N2O5/c1-17(2)18-4-6-19(7-5-18)24-23-25(30)21-9-8-20(32-3)16-22(21)34-26(23)27(31)29(24)11-10-28-12-14-33-15-13-28/h4-9,16-17,24H,10-15H2,1-3H3/t24-/m1/s1. The Bertz CT molecular complexity index is 1260. The fraction of sp³-hybridized carbons (Fsp3) is 0.407. The van der Waals surface area contributed by atoms with Crippen molar-refractivity contribution in [3.05, 3.63) is 75.1 Å². The average Bonchev–Trinajstić information content (AvgIpc) is 3.14. The Labute approximate surface area is 198 Å². The summed E-state index contributed by atoms with van der Waals surface area (Å²) < 4.78 is 16.8. The van der Waals surface area contributed by atoms with E-state index < -0.39 is 6.04 Å². The van der Waals surface area contributed by atoms with Crippen molar-refractivity contribution in [3.8, 4) is 5.75 Å². The predicted molar refractivity (Wildman–Crippen MR) is 130 cm³/mol. The van der Waals surface area contributed by atoms with Crippen molar-refractivity contribution in [2.75, 3.05) is 46.5 Å². The van der Waals surface area contributed by atoms with Crippen LogP contribution in [0.5, 0.6) is 5.75 Å². The first-order valence-electron chi connectivity index (χ1n) is 11.8. The van der Waals surface area contributed by atoms with E-state index in [9.17, 15) is 9.59 Å². The average molecular weight is 463 g/mol. The van der Waals surface area contributed by atoms with Crippen molar-refractivity contribution in [1.29, 1.82) is 0 Å². The van der Waals surface area contributed by atoms with Gasteiger partial charge < -0.3 is 18.8 Å². The number of hydrogen-bond acceptors (Lipinski definition) is 6. The van der Waals surface area contributed by atoms with Crippen LogP contribution in [0, 0.1) is 0 Å². The molecule has 3 heterocycles. The fourth-order valence-corrected chi connectivity index (χ4v) is 4.84. The summed E-state index contributed by atoms with van der Waals surface area (Å²) >= 11 is 0. The molecule has 3 aromatic rings. The molecule has 2 aliphatic rings. The normalized spacial score (nSPS) is 18.6. The molecule has 7 heteroatoms. The quantitative estimate of drug-likeness (QED) is 0.555. The van der Waals surface area contributed by atoms with Gasteiger partial charge in [-0.25, -0.2) is 0 Å². The molecular formula is C27H30N2O5. The Hall–Kier alpha value is -3.16. The number of benzene rings is 2. The van der Waals surface area contributed by atoms with Crippen LogP contribution in [0.2, 0.25) is 0 Å². The molecule has 0 unspecified atom stereocenters. The minimum atomic E-state index is -0.479. The zero-order valence-electron chi connectivity index (χ0n) is 19.9. The van der Waals surface area contributed by atoms with Gasteiger partial charge in [-0.3, -0.25) is 14.5 Å². The number of carbonyl (C=O) groups is 1. The molecule has 2 aromatic carbocycles. The molecule has 1 saturated heterocycles. The molecule has 0 saturated carbocycles. The highest BCUT2D eigenvalue weighted by atomic mass is 16.5. The third kappa shape index (κ3) is 3.99. The van der Waals surface area contributed by atoms with Gasteiger partial charge in [-0.05, 0) is 29.2 Å². The molecule has 5 rings (SSSR count). The van der Waals surface area contributed by atoms with E-state index >= 15 is 0 Å². The molecule has 1 atom stereocenters. The molecule has 0 bridgehead atoms. The second kappa shape index (κ2) is 9.24. The number of carbonyl (C=O) groups excluding carboxylic acids is 1. The smallest absolute Gasteiger partial charge is 0.290 e. The van der Waals surface area contributed by atoms with Gasteiger partial charge in [0.25, 0.3) is 5.91 Å². The molecule has 34 heavy (non-hydrogen) atoms. The second-order valence-electron chi connectivity index (χ2n) is 9.21. The summed E-state index contributed by atoms with van der Waals surface area (Å²) in [5.74, 6) is 0.854. The monoisotopic (exact) mass is 462 g/mol. The Morgan fingerprint density at radius 3 is 2.44 bits per heavy atom. The maximum atomic E-state index is 13.7. The SMILES string of the molecule is COc1ccc2c(=O)c3c(oc2c1)C(=O)N(CCN1CCOCC1)[C@@H]3c1ccc(C(C)C)cc1. The molecule has 7 nitrogen and oxygen atoms in total. The van der Waals surface area contributed by atoms with Crippen molar-refractivity contribution in [3.63, 3.8) is 0 Å². The minimum absolute atomic E-state index is 0.130. The molecule has 0 N–H and O–H groups in total. The van der Waals surface area contributed by atoms with Gasteiger partial charge in [0.15, 0.2) is 5.43 Å². The van der Waals surface area contributed by atoms with Crippen molar-refractivity contribution >= 4 is 16.9 Å². The van der Waals surface area contributed by atoms with E-state index in [0.29, 0.717) is 54.5 Å². The number of methoxy groups -OCH3 is 1. The molecule has 1 aromatic heterocycles. The molecule has 0 radical (unpaired) electrons. The third-order valence-electron chi connectivity index (χ3n) is 6.85. The van der Waals surface area contributed by atoms with Crippen LogP contribution in [-0.4, -0.2) is 62.2 Å². The fourth-order valence-electron chi connectivity index (χ4n) is 4.84. The van der Waals surface area contributed by atoms with Gasteiger partial charge in [0.1, 0.15) is 11.3 Å². The highest BCUT2D eigenvalue weighted by Crippen LogP contribution is 2.38. The van der Waals surface area contributed by atoms with Crippen molar-refractivity contribution in [2.24, 2.45) is 0 Å². The van der Waals surface area contributed by atoms with Gasteiger partial charge >= 0.3 is 0 Å². The van der Waals surface area contributed by atoms with E-state index in [1.54, 1.807) is 30.2 Å². The molecular weight excluding hydrogens is 432 g/mol. The number of nitrogens with zero attached hydrogens (tertiary/aromatic N) is 2. The van der Waals surface area contributed by atoms with Crippen LogP contribution >= 0.6 is 0 Å². The van der Waals surface area contributed by atoms with Gasteiger partial charge in [0.05, 0.1) is 37.3 Å². The Balaban J connectivity index is 1.59. The lowest BCUT2D eigenvalue weighted by Gasteiger charge is -2.31. The summed E-state index contributed by atoms with van der Waals surface area (Å²) in [5, 5.41) is 0.450. The number of rotatable bonds is 6. The van der Waals surface area contributed by atoms with Crippen molar-refractivity contribution < 1.29 is 18.7 Å². The van der Waals surface area contributed by atoms with Crippen LogP contribution < -0.4 is 10.2 Å². The van der Waals surface area contributed by atoms with Gasteiger partial charge in [0.2, 0.25) is 5.76 Å². The van der Waals surface area contributed by atoms with Crippen LogP contribution in [0.3, 0.4) is 0 Å². The zero-order chi connectivity index (χ0) is 23.8. The van der Waals surface area contributed by atoms with E-state index in [2.05, 4.69) is 30.9 Å². The molecule has 0 aliphatic carbocycles. The highest BCUT2D eigenvalue weighted by molar-refractivity contribution is 5.99. The highest BCUT2D eigenvalue weighted by Gasteiger charge is 2.42. The molecule has 0 spiro atoms. The maximum Gasteiger partial charge on any atom is 0.290 e. The van der Waals surface area contributed by atoms with Gasteiger partial charge in [-0.1, -0.05) is 38.1 Å². The zero-order valence-corrected chi connectivity index (χ0v) is 19.9. The summed E-state index contributed by atoms with van der Waals surface area (Å²) in [4.78, 5) is 31.3. The molecule has 1 amide bonds. The van der Waals surface area contributed by atoms with E-state index in [-0.39, 0.29) is 17.1 Å². The van der Waals surface area contributed by atoms with E-state index in [4.69, 9.17) is 13.9 Å². The maximum absolute atomic E-state index is 13.7. The van der Waals surface area contributed by atoms with Crippen LogP contribution in [0.25, 0.3) is 11.0 Å². The van der Waals surface area contributed by atoms with E-state index in [0.717, 1.165) is 18.7 Å². The van der Waals surface area contributed by atoms with Crippen LogP contribution in [-0.2, 0) is 4.74 Å². The van der Waals surface area contributed by atoms with Gasteiger partial charge in [-0.2, -0.15) is 0 Å². The Morgan fingerprint density at radius 1 is 1.03 bits per heavy atom. The lowest BCUT2D eigenvalue weighted by Crippen LogP contribution is -2.42. The number of ether oxygens (including phenoxy) is 2. The predicted octanol–water partition coefficient (Wildman–Crippen LogP) is 3.80. The summed E-state index contributed by atoms with van der Waals surface area (Å²) in [6.45, 7) is 8.57. The summed E-state index contributed by atoms with van der Waals surface area (Å²) in [6, 6.07) is 12.8. The van der Waals surface area contributed by atoms with E-state index in [1.165, 1.54) is 5.56 Å². The lowest BCUT2D eigenvalue weighted by atomic mass is 9.95. The molecule has 2 aliphatic heterocycles. The van der Waals surface area contributed by atoms with Crippen LogP contribution in [0.1, 0.15) is 53.1 Å². The topological polar surface area (TPSA) is 72.2 Å². The van der Waals surface area contributed by atoms with Gasteiger partial charge in [-0.15, -0.1) is 0 Å². The third-order valence-corrected chi connectivity index (χ3v) is 6.85. The summed E-state index contributed by atoms with van der Waals surface area (Å²) in [7, 11) is 1.56. The van der Waals surface area contributed by atoms with Crippen LogP contribution in [0.15, 0.2) is 51.7 Å². The summed E-state index contributed by atoms with van der Waals surface area (Å²) in [5.41, 5.74) is 2.74.